The molecule has 0 aliphatic carbocycles. The van der Waals surface area contributed by atoms with Crippen molar-refractivity contribution < 1.29 is 39.4 Å². The van der Waals surface area contributed by atoms with E-state index in [1.54, 1.807) is 12.2 Å². The van der Waals surface area contributed by atoms with Gasteiger partial charge in [0.1, 0.15) is 0 Å². The van der Waals surface area contributed by atoms with E-state index >= 15 is 0 Å². The summed E-state index contributed by atoms with van der Waals surface area (Å²) in [4.78, 5) is 0. The predicted molar refractivity (Wildman–Crippen MR) is 73.1 cm³/mol. The second kappa shape index (κ2) is 14.3. The highest BCUT2D eigenvalue weighted by atomic mass is 32.3. The molecule has 0 aliphatic rings. The van der Waals surface area contributed by atoms with Crippen molar-refractivity contribution in [1.82, 2.24) is 0 Å². The van der Waals surface area contributed by atoms with Crippen LogP contribution in [0.5, 0.6) is 0 Å². The first kappa shape index (κ1) is 24.0. The van der Waals surface area contributed by atoms with Gasteiger partial charge in [0.2, 0.25) is 0 Å². The quantitative estimate of drug-likeness (QED) is 0.348. The molecule has 0 saturated heterocycles. The lowest BCUT2D eigenvalue weighted by molar-refractivity contribution is 0.194. The zero-order chi connectivity index (χ0) is 16.7. The van der Waals surface area contributed by atoms with E-state index in [9.17, 15) is 8.42 Å². The fourth-order valence-electron chi connectivity index (χ4n) is 0.369. The summed E-state index contributed by atoms with van der Waals surface area (Å²) in [6, 6.07) is 0. The molecule has 0 fully saturated rings. The van der Waals surface area contributed by atoms with E-state index in [-0.39, 0.29) is 6.61 Å². The molecule has 0 saturated carbocycles. The highest BCUT2D eigenvalue weighted by molar-refractivity contribution is 7.80. The Hall–Kier alpha value is -1.08. The van der Waals surface area contributed by atoms with Crippen LogP contribution in [0.3, 0.4) is 0 Å². The van der Waals surface area contributed by atoms with Gasteiger partial charge in [0.05, 0.1) is 19.8 Å². The molecular weight excluding hydrogens is 316 g/mol. The largest absolute Gasteiger partial charge is 0.397 e. The molecule has 3 N–H and O–H groups in total. The normalized spacial score (nSPS) is 10.2. The Morgan fingerprint density at radius 1 is 0.800 bits per heavy atom. The standard InChI is InChI=1S/C6H10O.C3H6O4S.H2O4S/c1-3-5-7-6-4-2;1-2-3-7-8(4,5)6;1-5(2,3)4/h3-4H,1-2,5-6H2;2H,1,3H2,(H,4,5,6);(H2,1,2,3,4). The summed E-state index contributed by atoms with van der Waals surface area (Å²) in [6.45, 7) is 11.1. The Balaban J connectivity index is -0.000000223. The van der Waals surface area contributed by atoms with Gasteiger partial charge in [-0.05, 0) is 0 Å². The summed E-state index contributed by atoms with van der Waals surface area (Å²) >= 11 is 0. The lowest BCUT2D eigenvalue weighted by Gasteiger charge is -1.90. The lowest BCUT2D eigenvalue weighted by atomic mass is 10.6. The molecule has 9 nitrogen and oxygen atoms in total. The van der Waals surface area contributed by atoms with Crippen LogP contribution in [0.15, 0.2) is 38.0 Å². The topological polar surface area (TPSA) is 147 Å². The lowest BCUT2D eigenvalue weighted by Crippen LogP contribution is -2.02. The summed E-state index contributed by atoms with van der Waals surface area (Å²) in [5, 5.41) is 0. The van der Waals surface area contributed by atoms with Crippen molar-refractivity contribution >= 4 is 20.8 Å². The summed E-state index contributed by atoms with van der Waals surface area (Å²) < 4.78 is 67.5. The van der Waals surface area contributed by atoms with Gasteiger partial charge in [0, 0.05) is 0 Å². The molecule has 0 aromatic rings. The highest BCUT2D eigenvalue weighted by Crippen LogP contribution is 1.83. The smallest absolute Gasteiger partial charge is 0.373 e. The van der Waals surface area contributed by atoms with Gasteiger partial charge in [-0.1, -0.05) is 18.2 Å². The second-order valence-electron chi connectivity index (χ2n) is 2.56. The maximum Gasteiger partial charge on any atom is 0.397 e. The van der Waals surface area contributed by atoms with E-state index in [2.05, 4.69) is 23.9 Å². The molecule has 0 amide bonds. The van der Waals surface area contributed by atoms with Gasteiger partial charge < -0.3 is 4.74 Å². The molecular formula is C9H18O9S2. The maximum absolute atomic E-state index is 9.68. The third-order valence-corrected chi connectivity index (χ3v) is 1.24. The molecule has 0 spiro atoms. The van der Waals surface area contributed by atoms with Gasteiger partial charge in [-0.25, -0.2) is 4.18 Å². The van der Waals surface area contributed by atoms with Gasteiger partial charge in [0.15, 0.2) is 0 Å². The monoisotopic (exact) mass is 334 g/mol. The predicted octanol–water partition coefficient (Wildman–Crippen LogP) is 0.714. The first-order valence-electron chi connectivity index (χ1n) is 4.70. The van der Waals surface area contributed by atoms with Crippen LogP contribution < -0.4 is 0 Å². The number of hydrogen-bond acceptors (Lipinski definition) is 6. The van der Waals surface area contributed by atoms with Crippen LogP contribution in [-0.2, 0) is 29.7 Å². The van der Waals surface area contributed by atoms with E-state index in [0.717, 1.165) is 0 Å². The molecule has 20 heavy (non-hydrogen) atoms. The number of rotatable bonds is 7. The van der Waals surface area contributed by atoms with Gasteiger partial charge >= 0.3 is 20.8 Å². The van der Waals surface area contributed by atoms with Crippen LogP contribution in [0.4, 0.5) is 0 Å². The van der Waals surface area contributed by atoms with Crippen molar-refractivity contribution in [3.63, 3.8) is 0 Å². The summed E-state index contributed by atoms with van der Waals surface area (Å²) in [7, 11) is -8.92. The number of ether oxygens (including phenoxy) is 1. The summed E-state index contributed by atoms with van der Waals surface area (Å²) in [6.07, 6.45) is 4.64. The van der Waals surface area contributed by atoms with Crippen molar-refractivity contribution in [2.45, 2.75) is 0 Å². The van der Waals surface area contributed by atoms with Crippen molar-refractivity contribution in [3.05, 3.63) is 38.0 Å². The minimum atomic E-state index is -4.67. The summed E-state index contributed by atoms with van der Waals surface area (Å²) in [5.41, 5.74) is 0. The molecule has 0 aliphatic heterocycles. The van der Waals surface area contributed by atoms with Crippen molar-refractivity contribution in [1.29, 1.82) is 0 Å². The van der Waals surface area contributed by atoms with Gasteiger partial charge in [0.25, 0.3) is 0 Å². The Kier molecular flexibility index (Phi) is 17.2. The highest BCUT2D eigenvalue weighted by Gasteiger charge is 1.99. The molecule has 0 aromatic heterocycles. The van der Waals surface area contributed by atoms with Crippen LogP contribution >= 0.6 is 0 Å². The Morgan fingerprint density at radius 2 is 1.10 bits per heavy atom. The van der Waals surface area contributed by atoms with Crippen LogP contribution in [0.2, 0.25) is 0 Å². The van der Waals surface area contributed by atoms with E-state index in [1.807, 2.05) is 0 Å². The van der Waals surface area contributed by atoms with Crippen LogP contribution in [0.25, 0.3) is 0 Å². The fraction of sp³-hybridized carbons (Fsp3) is 0.333. The Labute approximate surface area is 118 Å². The summed E-state index contributed by atoms with van der Waals surface area (Å²) in [5.74, 6) is 0. The average Bonchev–Trinajstić information content (AvgIpc) is 2.25. The van der Waals surface area contributed by atoms with Crippen molar-refractivity contribution in [2.75, 3.05) is 19.8 Å². The molecule has 11 heteroatoms. The molecule has 120 valence electrons. The third kappa shape index (κ3) is 68.4. The second-order valence-corrected chi connectivity index (χ2v) is 4.55. The Morgan fingerprint density at radius 3 is 1.25 bits per heavy atom. The average molecular weight is 334 g/mol. The maximum atomic E-state index is 9.68. The minimum absolute atomic E-state index is 0.196. The minimum Gasteiger partial charge on any atom is -0.373 e. The van der Waals surface area contributed by atoms with E-state index in [4.69, 9.17) is 26.8 Å². The molecule has 0 radical (unpaired) electrons. The van der Waals surface area contributed by atoms with E-state index in [1.165, 1.54) is 6.08 Å². The molecule has 0 atom stereocenters. The molecule has 0 heterocycles. The SMILES string of the molecule is C=CCOCC=C.C=CCOS(=O)(=O)O.O=S(=O)(O)O. The van der Waals surface area contributed by atoms with E-state index < -0.39 is 20.8 Å². The van der Waals surface area contributed by atoms with Gasteiger partial charge in [-0.15, -0.1) is 19.7 Å². The fourth-order valence-corrected chi connectivity index (χ4v) is 0.637. The van der Waals surface area contributed by atoms with Crippen LogP contribution in [-0.4, -0.2) is 50.3 Å². The van der Waals surface area contributed by atoms with Crippen LogP contribution in [0, 0.1) is 0 Å². The van der Waals surface area contributed by atoms with Crippen molar-refractivity contribution in [2.24, 2.45) is 0 Å². The third-order valence-electron chi connectivity index (χ3n) is 0.806. The Bertz CT molecular complexity index is 434. The van der Waals surface area contributed by atoms with Crippen LogP contribution in [0.1, 0.15) is 0 Å². The molecule has 0 rings (SSSR count). The van der Waals surface area contributed by atoms with Crippen molar-refractivity contribution in [3.8, 4) is 0 Å². The zero-order valence-electron chi connectivity index (χ0n) is 10.6. The first-order valence-corrected chi connectivity index (χ1v) is 7.46. The van der Waals surface area contributed by atoms with E-state index in [0.29, 0.717) is 13.2 Å². The van der Waals surface area contributed by atoms with Gasteiger partial charge in [-0.2, -0.15) is 16.8 Å². The zero-order valence-corrected chi connectivity index (χ0v) is 12.2. The molecule has 0 bridgehead atoms. The number of hydrogen-bond donors (Lipinski definition) is 3. The van der Waals surface area contributed by atoms with Gasteiger partial charge in [-0.3, -0.25) is 13.7 Å². The first-order chi connectivity index (χ1) is 8.97. The molecule has 0 aromatic carbocycles. The molecule has 0 unspecified atom stereocenters.